The van der Waals surface area contributed by atoms with Gasteiger partial charge in [-0.15, -0.1) is 0 Å². The Morgan fingerprint density at radius 2 is 1.81 bits per heavy atom. The van der Waals surface area contributed by atoms with Crippen molar-refractivity contribution < 1.29 is 23.3 Å². The van der Waals surface area contributed by atoms with Gasteiger partial charge in [-0.05, 0) is 104 Å². The smallest absolute Gasteiger partial charge is 0.198 e. The van der Waals surface area contributed by atoms with E-state index in [9.17, 15) is 13.8 Å². The minimum absolute atomic E-state index is 0.132. The van der Waals surface area contributed by atoms with Crippen molar-refractivity contribution in [3.05, 3.63) is 59.4 Å². The summed E-state index contributed by atoms with van der Waals surface area (Å²) in [6, 6.07) is 13.1. The van der Waals surface area contributed by atoms with E-state index < -0.39 is 7.37 Å². The molecule has 2 saturated carbocycles. The zero-order valence-corrected chi connectivity index (χ0v) is 19.9. The molecule has 6 heteroatoms. The van der Waals surface area contributed by atoms with Gasteiger partial charge in [0.25, 0.3) is 0 Å². The molecule has 2 aromatic rings. The summed E-state index contributed by atoms with van der Waals surface area (Å²) in [6.07, 6.45) is 6.52. The maximum atomic E-state index is 14.3. The van der Waals surface area contributed by atoms with Crippen LogP contribution in [0, 0.1) is 17.7 Å². The average molecular weight is 461 g/mol. The molecular weight excluding hydrogens is 426 g/mol. The Morgan fingerprint density at radius 3 is 2.47 bits per heavy atom. The molecule has 0 spiro atoms. The largest absolute Gasteiger partial charge is 0.497 e. The molecule has 2 aliphatic rings. The standard InChI is InChI=1S/C26H34FO4P/c1-30-22-12-13-26(27)24(15-22)19-8-6-18(7-9-19)16-31-23-5-3-4-21(14-23)25(20-10-11-20)17-32(2,28)29/h3-5,12-15,18-20,25H,6-11,16-17H2,1-2H3,(H,28,29). The number of rotatable bonds is 9. The number of methoxy groups -OCH3 is 1. The summed E-state index contributed by atoms with van der Waals surface area (Å²) in [5.41, 5.74) is 1.87. The van der Waals surface area contributed by atoms with Gasteiger partial charge in [0.2, 0.25) is 0 Å². The van der Waals surface area contributed by atoms with Gasteiger partial charge in [0.1, 0.15) is 17.3 Å². The molecule has 4 rings (SSSR count). The van der Waals surface area contributed by atoms with Crippen molar-refractivity contribution in [1.82, 2.24) is 0 Å². The third-order valence-corrected chi connectivity index (χ3v) is 8.06. The molecule has 0 heterocycles. The van der Waals surface area contributed by atoms with Crippen LogP contribution in [0.5, 0.6) is 11.5 Å². The molecule has 2 aromatic carbocycles. The predicted octanol–water partition coefficient (Wildman–Crippen LogP) is 6.58. The number of hydrogen-bond donors (Lipinski definition) is 1. The van der Waals surface area contributed by atoms with Crippen LogP contribution < -0.4 is 9.47 Å². The first-order chi connectivity index (χ1) is 15.3. The number of benzene rings is 2. The summed E-state index contributed by atoms with van der Waals surface area (Å²) in [5, 5.41) is 0. The molecule has 0 amide bonds. The van der Waals surface area contributed by atoms with E-state index in [1.807, 2.05) is 18.2 Å². The van der Waals surface area contributed by atoms with Crippen LogP contribution in [0.15, 0.2) is 42.5 Å². The summed E-state index contributed by atoms with van der Waals surface area (Å²) < 4.78 is 37.7. The molecule has 0 bridgehead atoms. The highest BCUT2D eigenvalue weighted by Crippen LogP contribution is 2.50. The van der Waals surface area contributed by atoms with Gasteiger partial charge in [-0.1, -0.05) is 12.1 Å². The fourth-order valence-electron chi connectivity index (χ4n) is 5.04. The molecule has 2 unspecified atom stereocenters. The normalized spacial score (nSPS) is 23.9. The van der Waals surface area contributed by atoms with E-state index in [-0.39, 0.29) is 17.7 Å². The summed E-state index contributed by atoms with van der Waals surface area (Å²) in [5.74, 6) is 2.72. The molecule has 0 radical (unpaired) electrons. The van der Waals surface area contributed by atoms with Gasteiger partial charge in [-0.2, -0.15) is 0 Å². The van der Waals surface area contributed by atoms with E-state index in [1.165, 1.54) is 12.7 Å². The zero-order valence-electron chi connectivity index (χ0n) is 19.0. The van der Waals surface area contributed by atoms with Crippen LogP contribution in [0.3, 0.4) is 0 Å². The van der Waals surface area contributed by atoms with Crippen LogP contribution in [0.1, 0.15) is 61.5 Å². The summed E-state index contributed by atoms with van der Waals surface area (Å²) >= 11 is 0. The Labute approximate surface area is 190 Å². The van der Waals surface area contributed by atoms with Crippen molar-refractivity contribution in [3.63, 3.8) is 0 Å². The lowest BCUT2D eigenvalue weighted by Crippen LogP contribution is -2.20. The van der Waals surface area contributed by atoms with Crippen LogP contribution in [0.25, 0.3) is 0 Å². The first-order valence-electron chi connectivity index (χ1n) is 11.7. The van der Waals surface area contributed by atoms with E-state index in [0.717, 1.165) is 55.4 Å². The zero-order chi connectivity index (χ0) is 22.7. The third-order valence-electron chi connectivity index (χ3n) is 6.99. The highest BCUT2D eigenvalue weighted by atomic mass is 31.2. The van der Waals surface area contributed by atoms with Crippen LogP contribution >= 0.6 is 7.37 Å². The van der Waals surface area contributed by atoms with Crippen LogP contribution in [0.4, 0.5) is 4.39 Å². The van der Waals surface area contributed by atoms with E-state index in [1.54, 1.807) is 13.2 Å². The predicted molar refractivity (Wildman–Crippen MR) is 126 cm³/mol. The molecule has 32 heavy (non-hydrogen) atoms. The minimum atomic E-state index is -3.07. The number of ether oxygens (including phenoxy) is 2. The van der Waals surface area contributed by atoms with Crippen molar-refractivity contribution in [2.45, 2.75) is 50.4 Å². The SMILES string of the molecule is COc1ccc(F)c(C2CCC(COc3cccc(C(CP(C)(=O)O)C4CC4)c3)CC2)c1. The lowest BCUT2D eigenvalue weighted by Gasteiger charge is -2.29. The summed E-state index contributed by atoms with van der Waals surface area (Å²) in [4.78, 5) is 9.91. The van der Waals surface area contributed by atoms with Crippen LogP contribution in [-0.4, -0.2) is 31.4 Å². The second-order valence-electron chi connectivity index (χ2n) is 9.67. The van der Waals surface area contributed by atoms with Crippen molar-refractivity contribution in [3.8, 4) is 11.5 Å². The Kier molecular flexibility index (Phi) is 7.27. The van der Waals surface area contributed by atoms with Crippen LogP contribution in [0.2, 0.25) is 0 Å². The molecular formula is C26H34FO4P. The fourth-order valence-corrected chi connectivity index (χ4v) is 6.28. The first-order valence-corrected chi connectivity index (χ1v) is 14.0. The second kappa shape index (κ2) is 9.97. The molecule has 0 aromatic heterocycles. The molecule has 2 atom stereocenters. The molecule has 2 fully saturated rings. The van der Waals surface area contributed by atoms with Crippen molar-refractivity contribution in [2.75, 3.05) is 26.5 Å². The van der Waals surface area contributed by atoms with E-state index in [4.69, 9.17) is 9.47 Å². The Hall–Kier alpha value is -1.84. The Balaban J connectivity index is 1.32. The van der Waals surface area contributed by atoms with Gasteiger partial charge in [0.15, 0.2) is 7.37 Å². The van der Waals surface area contributed by atoms with Crippen molar-refractivity contribution in [1.29, 1.82) is 0 Å². The molecule has 0 saturated heterocycles. The van der Waals surface area contributed by atoms with Crippen molar-refractivity contribution >= 4 is 7.37 Å². The van der Waals surface area contributed by atoms with Gasteiger partial charge in [-0.3, -0.25) is 4.57 Å². The monoisotopic (exact) mass is 460 g/mol. The average Bonchev–Trinajstić information content (AvgIpc) is 3.62. The second-order valence-corrected chi connectivity index (χ2v) is 12.1. The van der Waals surface area contributed by atoms with E-state index >= 15 is 0 Å². The molecule has 0 aliphatic heterocycles. The molecule has 1 N–H and O–H groups in total. The number of halogens is 1. The quantitative estimate of drug-likeness (QED) is 0.430. The Morgan fingerprint density at radius 1 is 1.06 bits per heavy atom. The first kappa shape index (κ1) is 23.3. The maximum absolute atomic E-state index is 14.3. The van der Waals surface area contributed by atoms with Gasteiger partial charge >= 0.3 is 0 Å². The van der Waals surface area contributed by atoms with Gasteiger partial charge < -0.3 is 14.4 Å². The Bertz CT molecular complexity index is 960. The molecule has 2 aliphatic carbocycles. The van der Waals surface area contributed by atoms with Gasteiger partial charge in [0.05, 0.1) is 13.7 Å². The van der Waals surface area contributed by atoms with E-state index in [2.05, 4.69) is 12.1 Å². The van der Waals surface area contributed by atoms with Gasteiger partial charge in [-0.25, -0.2) is 4.39 Å². The molecule has 4 nitrogen and oxygen atoms in total. The molecule has 174 valence electrons. The van der Waals surface area contributed by atoms with Crippen LogP contribution in [-0.2, 0) is 4.57 Å². The summed E-state index contributed by atoms with van der Waals surface area (Å²) in [7, 11) is -1.46. The minimum Gasteiger partial charge on any atom is -0.497 e. The van der Waals surface area contributed by atoms with Crippen molar-refractivity contribution in [2.24, 2.45) is 11.8 Å². The lowest BCUT2D eigenvalue weighted by molar-refractivity contribution is 0.199. The maximum Gasteiger partial charge on any atom is 0.198 e. The lowest BCUT2D eigenvalue weighted by atomic mass is 9.79. The fraction of sp³-hybridized carbons (Fsp3) is 0.538. The number of hydrogen-bond acceptors (Lipinski definition) is 3. The van der Waals surface area contributed by atoms with Gasteiger partial charge in [0, 0.05) is 12.8 Å². The highest BCUT2D eigenvalue weighted by molar-refractivity contribution is 7.57. The van der Waals surface area contributed by atoms with E-state index in [0.29, 0.717) is 30.4 Å². The highest BCUT2D eigenvalue weighted by Gasteiger charge is 2.35. The topological polar surface area (TPSA) is 55.8 Å². The summed E-state index contributed by atoms with van der Waals surface area (Å²) in [6.45, 7) is 2.10. The third kappa shape index (κ3) is 6.14.